The van der Waals surface area contributed by atoms with Crippen molar-refractivity contribution < 1.29 is 14.6 Å². The van der Waals surface area contributed by atoms with E-state index in [0.29, 0.717) is 11.3 Å². The van der Waals surface area contributed by atoms with Crippen molar-refractivity contribution in [3.05, 3.63) is 60.2 Å². The Labute approximate surface area is 105 Å². The van der Waals surface area contributed by atoms with Gasteiger partial charge in [-0.2, -0.15) is 0 Å². The third kappa shape index (κ3) is 3.39. The molecule has 18 heavy (non-hydrogen) atoms. The van der Waals surface area contributed by atoms with Crippen LogP contribution < -0.4 is 4.74 Å². The predicted octanol–water partition coefficient (Wildman–Crippen LogP) is 2.92. The van der Waals surface area contributed by atoms with E-state index in [4.69, 9.17) is 9.84 Å². The standard InChI is InChI=1S/C15H10O3/c16-15(17)11-8-12-6-9-14(10-7-12)18-13-4-2-1-3-5-13/h1-7,9-10H,(H,16,17). The molecule has 3 nitrogen and oxygen atoms in total. The zero-order valence-corrected chi connectivity index (χ0v) is 9.46. The third-order valence-electron chi connectivity index (χ3n) is 2.15. The van der Waals surface area contributed by atoms with Crippen LogP contribution in [0.2, 0.25) is 0 Å². The number of rotatable bonds is 2. The normalized spacial score (nSPS) is 9.11. The smallest absolute Gasteiger partial charge is 0.382 e. The van der Waals surface area contributed by atoms with Crippen LogP contribution in [-0.4, -0.2) is 11.1 Å². The van der Waals surface area contributed by atoms with E-state index >= 15 is 0 Å². The van der Waals surface area contributed by atoms with E-state index in [0.717, 1.165) is 5.75 Å². The van der Waals surface area contributed by atoms with Gasteiger partial charge < -0.3 is 9.84 Å². The summed E-state index contributed by atoms with van der Waals surface area (Å²) in [5, 5.41) is 8.43. The molecule has 2 rings (SSSR count). The van der Waals surface area contributed by atoms with E-state index in [1.165, 1.54) is 0 Å². The summed E-state index contributed by atoms with van der Waals surface area (Å²) in [5.74, 6) is 4.88. The maximum Gasteiger partial charge on any atom is 0.382 e. The highest BCUT2D eigenvalue weighted by molar-refractivity contribution is 5.87. The van der Waals surface area contributed by atoms with E-state index < -0.39 is 5.97 Å². The van der Waals surface area contributed by atoms with Gasteiger partial charge in [-0.1, -0.05) is 24.1 Å². The molecule has 0 aliphatic rings. The lowest BCUT2D eigenvalue weighted by Crippen LogP contribution is -1.87. The Morgan fingerprint density at radius 2 is 1.56 bits per heavy atom. The van der Waals surface area contributed by atoms with Crippen LogP contribution in [0.25, 0.3) is 0 Å². The summed E-state index contributed by atoms with van der Waals surface area (Å²) in [6.45, 7) is 0. The van der Waals surface area contributed by atoms with E-state index in [1.807, 2.05) is 30.3 Å². The highest BCUT2D eigenvalue weighted by Gasteiger charge is 1.96. The van der Waals surface area contributed by atoms with Gasteiger partial charge in [0.15, 0.2) is 0 Å². The van der Waals surface area contributed by atoms with Crippen molar-refractivity contribution in [1.29, 1.82) is 0 Å². The first-order chi connectivity index (χ1) is 8.74. The Hall–Kier alpha value is -2.73. The van der Waals surface area contributed by atoms with Crippen molar-refractivity contribution in [1.82, 2.24) is 0 Å². The van der Waals surface area contributed by atoms with Crippen molar-refractivity contribution in [2.45, 2.75) is 0 Å². The SMILES string of the molecule is O=C(O)C#Cc1ccc(Oc2ccccc2)cc1. The molecule has 0 spiro atoms. The van der Waals surface area contributed by atoms with E-state index in [2.05, 4.69) is 11.8 Å². The lowest BCUT2D eigenvalue weighted by Gasteiger charge is -2.04. The molecule has 0 bridgehead atoms. The maximum atomic E-state index is 10.3. The number of benzene rings is 2. The second kappa shape index (κ2) is 5.55. The minimum absolute atomic E-state index is 0.637. The predicted molar refractivity (Wildman–Crippen MR) is 67.5 cm³/mol. The molecule has 0 heterocycles. The highest BCUT2D eigenvalue weighted by atomic mass is 16.5. The van der Waals surface area contributed by atoms with E-state index in [1.54, 1.807) is 24.3 Å². The summed E-state index contributed by atoms with van der Waals surface area (Å²) in [7, 11) is 0. The molecule has 0 unspecified atom stereocenters. The summed E-state index contributed by atoms with van der Waals surface area (Å²) >= 11 is 0. The second-order valence-electron chi connectivity index (χ2n) is 3.49. The molecular weight excluding hydrogens is 228 g/mol. The molecule has 0 radical (unpaired) electrons. The van der Waals surface area contributed by atoms with Gasteiger partial charge >= 0.3 is 5.97 Å². The first-order valence-electron chi connectivity index (χ1n) is 5.32. The molecule has 0 aromatic heterocycles. The Morgan fingerprint density at radius 3 is 2.17 bits per heavy atom. The van der Waals surface area contributed by atoms with Gasteiger partial charge in [-0.3, -0.25) is 0 Å². The van der Waals surface area contributed by atoms with Crippen molar-refractivity contribution >= 4 is 5.97 Å². The van der Waals surface area contributed by atoms with Gasteiger partial charge in [-0.25, -0.2) is 4.79 Å². The number of ether oxygens (including phenoxy) is 1. The Balaban J connectivity index is 2.09. The third-order valence-corrected chi connectivity index (χ3v) is 2.15. The van der Waals surface area contributed by atoms with Gasteiger partial charge in [0, 0.05) is 11.5 Å². The number of para-hydroxylation sites is 1. The summed E-state index contributed by atoms with van der Waals surface area (Å²) < 4.78 is 5.59. The van der Waals surface area contributed by atoms with Crippen molar-refractivity contribution in [3.8, 4) is 23.3 Å². The molecular formula is C15H10O3. The number of hydrogen-bond acceptors (Lipinski definition) is 2. The topological polar surface area (TPSA) is 46.5 Å². The molecule has 2 aromatic rings. The molecule has 0 atom stereocenters. The fourth-order valence-electron chi connectivity index (χ4n) is 1.36. The highest BCUT2D eigenvalue weighted by Crippen LogP contribution is 2.20. The Morgan fingerprint density at radius 1 is 0.944 bits per heavy atom. The van der Waals surface area contributed by atoms with Gasteiger partial charge in [0.2, 0.25) is 0 Å². The second-order valence-corrected chi connectivity index (χ2v) is 3.49. The number of carboxylic acids is 1. The summed E-state index contributed by atoms with van der Waals surface area (Å²) in [4.78, 5) is 10.3. The van der Waals surface area contributed by atoms with Crippen LogP contribution in [0.3, 0.4) is 0 Å². The average molecular weight is 238 g/mol. The molecule has 2 aromatic carbocycles. The lowest BCUT2D eigenvalue weighted by molar-refractivity contribution is -0.130. The molecule has 1 N–H and O–H groups in total. The molecule has 0 aliphatic heterocycles. The first kappa shape index (κ1) is 11.7. The van der Waals surface area contributed by atoms with Gasteiger partial charge in [-0.15, -0.1) is 0 Å². The molecule has 0 amide bonds. The largest absolute Gasteiger partial charge is 0.472 e. The molecule has 88 valence electrons. The fourth-order valence-corrected chi connectivity index (χ4v) is 1.36. The molecule has 3 heteroatoms. The van der Waals surface area contributed by atoms with E-state index in [9.17, 15) is 4.79 Å². The average Bonchev–Trinajstić information content (AvgIpc) is 2.39. The summed E-state index contributed by atoms with van der Waals surface area (Å²) in [6.07, 6.45) is 0. The van der Waals surface area contributed by atoms with Crippen LogP contribution in [-0.2, 0) is 4.79 Å². The zero-order valence-electron chi connectivity index (χ0n) is 9.46. The molecule has 0 saturated heterocycles. The molecule has 0 aliphatic carbocycles. The zero-order chi connectivity index (χ0) is 12.8. The van der Waals surface area contributed by atoms with Crippen molar-refractivity contribution in [2.24, 2.45) is 0 Å². The van der Waals surface area contributed by atoms with E-state index in [-0.39, 0.29) is 0 Å². The van der Waals surface area contributed by atoms with Crippen molar-refractivity contribution in [2.75, 3.05) is 0 Å². The summed E-state index contributed by atoms with van der Waals surface area (Å²) in [5.41, 5.74) is 0.637. The van der Waals surface area contributed by atoms with Gasteiger partial charge in [0.25, 0.3) is 0 Å². The first-order valence-corrected chi connectivity index (χ1v) is 5.32. The number of hydrogen-bond donors (Lipinski definition) is 1. The van der Waals surface area contributed by atoms with Crippen LogP contribution in [0.15, 0.2) is 54.6 Å². The Bertz CT molecular complexity index is 589. The van der Waals surface area contributed by atoms with Gasteiger partial charge in [-0.05, 0) is 36.4 Å². The minimum atomic E-state index is -1.14. The molecule has 0 saturated carbocycles. The lowest BCUT2D eigenvalue weighted by atomic mass is 10.2. The quantitative estimate of drug-likeness (QED) is 0.818. The summed E-state index contributed by atoms with van der Waals surface area (Å²) in [6, 6.07) is 16.3. The van der Waals surface area contributed by atoms with Crippen LogP contribution in [0.4, 0.5) is 0 Å². The van der Waals surface area contributed by atoms with Crippen LogP contribution >= 0.6 is 0 Å². The number of carboxylic acid groups (broad SMARTS) is 1. The maximum absolute atomic E-state index is 10.3. The van der Waals surface area contributed by atoms with Crippen LogP contribution in [0.5, 0.6) is 11.5 Å². The molecule has 0 fully saturated rings. The van der Waals surface area contributed by atoms with Crippen molar-refractivity contribution in [3.63, 3.8) is 0 Å². The van der Waals surface area contributed by atoms with Gasteiger partial charge in [0.05, 0.1) is 0 Å². The van der Waals surface area contributed by atoms with Crippen LogP contribution in [0, 0.1) is 11.8 Å². The minimum Gasteiger partial charge on any atom is -0.472 e. The monoisotopic (exact) mass is 238 g/mol. The van der Waals surface area contributed by atoms with Gasteiger partial charge in [0.1, 0.15) is 11.5 Å². The number of carbonyl (C=O) groups is 1. The van der Waals surface area contributed by atoms with Crippen LogP contribution in [0.1, 0.15) is 5.56 Å². The number of aliphatic carboxylic acids is 1. The fraction of sp³-hybridized carbons (Fsp3) is 0. The Kier molecular flexibility index (Phi) is 3.62.